The lowest BCUT2D eigenvalue weighted by Crippen LogP contribution is -2.31. The van der Waals surface area contributed by atoms with E-state index in [1.165, 1.54) is 12.3 Å². The predicted molar refractivity (Wildman–Crippen MR) is 93.3 cm³/mol. The monoisotopic (exact) mass is 376 g/mol. The number of hydrogen-bond donors (Lipinski definition) is 1. The highest BCUT2D eigenvalue weighted by Crippen LogP contribution is 2.25. The number of esters is 1. The molecule has 0 atom stereocenters. The number of carbonyl (C=O) groups is 1. The Bertz CT molecular complexity index is 1170. The summed E-state index contributed by atoms with van der Waals surface area (Å²) in [6.07, 6.45) is 1.19. The number of halogens is 1. The zero-order chi connectivity index (χ0) is 18.8. The first-order chi connectivity index (χ1) is 12.3. The number of hydrogen-bond acceptors (Lipinski definition) is 6. The first-order valence-electron chi connectivity index (χ1n) is 7.52. The highest BCUT2D eigenvalue weighted by Gasteiger charge is 2.12. The number of aromatic amines is 1. The molecule has 0 fully saturated rings. The van der Waals surface area contributed by atoms with Gasteiger partial charge < -0.3 is 9.15 Å². The molecule has 134 valence electrons. The van der Waals surface area contributed by atoms with Gasteiger partial charge >= 0.3 is 17.3 Å². The number of aryl methyl sites for hydroxylation is 1. The van der Waals surface area contributed by atoms with Gasteiger partial charge in [0.05, 0.1) is 0 Å². The van der Waals surface area contributed by atoms with Gasteiger partial charge in [0.25, 0.3) is 5.56 Å². The third kappa shape index (κ3) is 3.75. The van der Waals surface area contributed by atoms with Gasteiger partial charge in [-0.25, -0.2) is 9.59 Å². The molecule has 2 heterocycles. The van der Waals surface area contributed by atoms with E-state index in [-0.39, 0.29) is 13.2 Å². The van der Waals surface area contributed by atoms with E-state index in [0.29, 0.717) is 21.6 Å². The van der Waals surface area contributed by atoms with Gasteiger partial charge in [-0.1, -0.05) is 11.6 Å². The fraction of sp³-hybridized carbons (Fsp3) is 0.176. The molecule has 9 heteroatoms. The number of aromatic nitrogens is 2. The maximum atomic E-state index is 12.0. The lowest BCUT2D eigenvalue weighted by Gasteiger charge is -2.09. The summed E-state index contributed by atoms with van der Waals surface area (Å²) in [6.45, 7) is 1.20. The van der Waals surface area contributed by atoms with E-state index >= 15 is 0 Å². The first-order valence-corrected chi connectivity index (χ1v) is 7.89. The average molecular weight is 377 g/mol. The van der Waals surface area contributed by atoms with Gasteiger partial charge in [-0.2, -0.15) is 0 Å². The second-order valence-corrected chi connectivity index (χ2v) is 5.99. The summed E-state index contributed by atoms with van der Waals surface area (Å²) in [5.41, 5.74) is -0.351. The van der Waals surface area contributed by atoms with Crippen LogP contribution in [0.5, 0.6) is 0 Å². The van der Waals surface area contributed by atoms with Crippen LogP contribution in [0.1, 0.15) is 11.1 Å². The Hall–Kier alpha value is -3.13. The Morgan fingerprint density at radius 2 is 2.04 bits per heavy atom. The Labute approximate surface area is 150 Å². The van der Waals surface area contributed by atoms with Crippen LogP contribution in [-0.4, -0.2) is 15.5 Å². The number of benzene rings is 1. The van der Waals surface area contributed by atoms with E-state index < -0.39 is 22.8 Å². The molecular weight excluding hydrogens is 364 g/mol. The van der Waals surface area contributed by atoms with Crippen molar-refractivity contribution >= 4 is 28.5 Å². The van der Waals surface area contributed by atoms with Gasteiger partial charge in [0.2, 0.25) is 0 Å². The number of nitrogens with zero attached hydrogens (tertiary/aromatic N) is 1. The number of nitrogens with one attached hydrogen (secondary N) is 1. The maximum absolute atomic E-state index is 12.0. The number of fused-ring (bicyclic) bond motifs is 1. The predicted octanol–water partition coefficient (Wildman–Crippen LogP) is 1.35. The summed E-state index contributed by atoms with van der Waals surface area (Å²) in [7, 11) is 0. The van der Waals surface area contributed by atoms with Gasteiger partial charge in [0.1, 0.15) is 18.7 Å². The Balaban J connectivity index is 1.82. The second-order valence-electron chi connectivity index (χ2n) is 5.59. The highest BCUT2D eigenvalue weighted by atomic mass is 35.5. The Morgan fingerprint density at radius 1 is 1.27 bits per heavy atom. The van der Waals surface area contributed by atoms with E-state index in [9.17, 15) is 19.2 Å². The SMILES string of the molecule is Cc1cc2oc(=O)cc(COC(=O)Cn3ccc(=O)[nH]c3=O)c2cc1Cl. The molecule has 0 aliphatic carbocycles. The van der Waals surface area contributed by atoms with E-state index in [1.54, 1.807) is 19.1 Å². The molecule has 26 heavy (non-hydrogen) atoms. The normalized spacial score (nSPS) is 10.8. The first kappa shape index (κ1) is 17.7. The molecule has 0 saturated heterocycles. The van der Waals surface area contributed by atoms with Crippen molar-refractivity contribution in [3.8, 4) is 0 Å². The second kappa shape index (κ2) is 7.01. The molecule has 1 aromatic carbocycles. The zero-order valence-corrected chi connectivity index (χ0v) is 14.3. The van der Waals surface area contributed by atoms with Crippen molar-refractivity contribution < 1.29 is 13.9 Å². The molecule has 2 aromatic heterocycles. The topological polar surface area (TPSA) is 111 Å². The lowest BCUT2D eigenvalue weighted by molar-refractivity contribution is -0.145. The molecule has 0 aliphatic heterocycles. The summed E-state index contributed by atoms with van der Waals surface area (Å²) in [5.74, 6) is -0.709. The van der Waals surface area contributed by atoms with Crippen LogP contribution in [-0.2, 0) is 22.7 Å². The Kier molecular flexibility index (Phi) is 4.77. The van der Waals surface area contributed by atoms with Crippen LogP contribution in [0.4, 0.5) is 0 Å². The van der Waals surface area contributed by atoms with Crippen LogP contribution < -0.4 is 16.9 Å². The largest absolute Gasteiger partial charge is 0.459 e. The fourth-order valence-electron chi connectivity index (χ4n) is 2.38. The quantitative estimate of drug-likeness (QED) is 0.543. The molecule has 3 aromatic rings. The minimum Gasteiger partial charge on any atom is -0.459 e. The summed E-state index contributed by atoms with van der Waals surface area (Å²) in [4.78, 5) is 48.3. The molecule has 0 unspecified atom stereocenters. The van der Waals surface area contributed by atoms with E-state index in [2.05, 4.69) is 0 Å². The van der Waals surface area contributed by atoms with Crippen molar-refractivity contribution in [2.24, 2.45) is 0 Å². The molecule has 8 nitrogen and oxygen atoms in total. The van der Waals surface area contributed by atoms with Gasteiger partial charge in [-0.05, 0) is 24.6 Å². The third-order valence-electron chi connectivity index (χ3n) is 3.69. The molecule has 0 amide bonds. The van der Waals surface area contributed by atoms with Crippen LogP contribution >= 0.6 is 11.6 Å². The average Bonchev–Trinajstić information content (AvgIpc) is 2.57. The molecule has 0 aliphatic rings. The molecule has 0 spiro atoms. The number of rotatable bonds is 4. The van der Waals surface area contributed by atoms with Gasteiger partial charge in [-0.15, -0.1) is 0 Å². The van der Waals surface area contributed by atoms with Crippen molar-refractivity contribution in [2.45, 2.75) is 20.1 Å². The minimum atomic E-state index is -0.720. The van der Waals surface area contributed by atoms with E-state index in [1.807, 2.05) is 4.98 Å². The van der Waals surface area contributed by atoms with Crippen LogP contribution in [0.3, 0.4) is 0 Å². The minimum absolute atomic E-state index is 0.196. The van der Waals surface area contributed by atoms with Gasteiger partial charge in [-0.3, -0.25) is 19.1 Å². The van der Waals surface area contributed by atoms with Crippen molar-refractivity contribution in [3.05, 3.63) is 77.9 Å². The smallest absolute Gasteiger partial charge is 0.336 e. The number of H-pyrrole nitrogens is 1. The van der Waals surface area contributed by atoms with Crippen molar-refractivity contribution in [2.75, 3.05) is 0 Å². The summed E-state index contributed by atoms with van der Waals surface area (Å²) >= 11 is 6.11. The van der Waals surface area contributed by atoms with Gasteiger partial charge in [0.15, 0.2) is 0 Å². The van der Waals surface area contributed by atoms with E-state index in [0.717, 1.165) is 16.2 Å². The number of ether oxygens (including phenoxy) is 1. The molecular formula is C17H13ClN2O6. The van der Waals surface area contributed by atoms with E-state index in [4.69, 9.17) is 20.8 Å². The van der Waals surface area contributed by atoms with Crippen molar-refractivity contribution in [1.82, 2.24) is 9.55 Å². The molecule has 3 rings (SSSR count). The number of carbonyl (C=O) groups excluding carboxylic acids is 1. The molecule has 0 saturated carbocycles. The van der Waals surface area contributed by atoms with Crippen LogP contribution in [0.15, 0.2) is 49.3 Å². The summed E-state index contributed by atoms with van der Waals surface area (Å²) in [6, 6.07) is 5.59. The maximum Gasteiger partial charge on any atom is 0.336 e. The summed E-state index contributed by atoms with van der Waals surface area (Å²) < 4.78 is 11.3. The van der Waals surface area contributed by atoms with Crippen LogP contribution in [0, 0.1) is 6.92 Å². The standard InChI is InChI=1S/C17H13ClN2O6/c1-9-4-13-11(6-12(9)18)10(5-15(22)26-13)8-25-16(23)7-20-3-2-14(21)19-17(20)24/h2-6H,7-8H2,1H3,(H,19,21,24). The molecule has 0 radical (unpaired) electrons. The van der Waals surface area contributed by atoms with Crippen LogP contribution in [0.2, 0.25) is 5.02 Å². The summed E-state index contributed by atoms with van der Waals surface area (Å²) in [5, 5.41) is 1.04. The lowest BCUT2D eigenvalue weighted by atomic mass is 10.1. The zero-order valence-electron chi connectivity index (χ0n) is 13.6. The Morgan fingerprint density at radius 3 is 2.77 bits per heavy atom. The van der Waals surface area contributed by atoms with Gasteiger partial charge in [0, 0.05) is 34.3 Å². The molecule has 0 bridgehead atoms. The van der Waals surface area contributed by atoms with Crippen molar-refractivity contribution in [3.63, 3.8) is 0 Å². The molecule has 1 N–H and O–H groups in total. The van der Waals surface area contributed by atoms with Crippen LogP contribution in [0.25, 0.3) is 11.0 Å². The third-order valence-corrected chi connectivity index (χ3v) is 4.10. The van der Waals surface area contributed by atoms with Crippen molar-refractivity contribution in [1.29, 1.82) is 0 Å². The fourth-order valence-corrected chi connectivity index (χ4v) is 2.54. The highest BCUT2D eigenvalue weighted by molar-refractivity contribution is 6.32.